The van der Waals surface area contributed by atoms with E-state index in [-0.39, 0.29) is 24.4 Å². The summed E-state index contributed by atoms with van der Waals surface area (Å²) in [6.07, 6.45) is 0.777. The van der Waals surface area contributed by atoms with Crippen LogP contribution in [0.25, 0.3) is 0 Å². The van der Waals surface area contributed by atoms with E-state index < -0.39 is 0 Å². The van der Waals surface area contributed by atoms with E-state index in [1.807, 2.05) is 24.3 Å². The molecule has 0 spiro atoms. The number of nitrogens with zero attached hydrogens (tertiary/aromatic N) is 1. The maximum Gasteiger partial charge on any atom is 0.108 e. The topological polar surface area (TPSA) is 81.8 Å². The molecule has 2 rings (SSSR count). The van der Waals surface area contributed by atoms with Crippen molar-refractivity contribution in [2.75, 3.05) is 30.3 Å². The third-order valence-electron chi connectivity index (χ3n) is 3.46. The first-order valence-electron chi connectivity index (χ1n) is 6.46. The van der Waals surface area contributed by atoms with E-state index in [0.717, 1.165) is 24.3 Å². The maximum atomic E-state index is 9.74. The highest BCUT2D eigenvalue weighted by Crippen LogP contribution is 2.29. The second kappa shape index (κ2) is 5.95. The number of nitrogens with one attached hydrogen (secondary N) is 1. The molecule has 1 saturated heterocycles. The summed E-state index contributed by atoms with van der Waals surface area (Å²) in [5, 5.41) is 21.9. The van der Waals surface area contributed by atoms with Crippen LogP contribution in [0.5, 0.6) is 0 Å². The lowest BCUT2D eigenvalue weighted by Crippen LogP contribution is -2.34. The smallest absolute Gasteiger partial charge is 0.108 e. The number of rotatable bonds is 5. The lowest BCUT2D eigenvalue weighted by atomic mass is 10.1. The Morgan fingerprint density at radius 2 is 2.11 bits per heavy atom. The predicted octanol–water partition coefficient (Wildman–Crippen LogP) is 0.870. The molecule has 5 nitrogen and oxygen atoms in total. The van der Waals surface area contributed by atoms with Gasteiger partial charge in [-0.25, -0.2) is 0 Å². The van der Waals surface area contributed by atoms with Crippen LogP contribution in [0, 0.1) is 0 Å². The van der Waals surface area contributed by atoms with Gasteiger partial charge in [0.1, 0.15) is 5.76 Å². The van der Waals surface area contributed by atoms with Gasteiger partial charge in [0.15, 0.2) is 0 Å². The lowest BCUT2D eigenvalue weighted by molar-refractivity contribution is 0.285. The molecule has 104 valence electrons. The van der Waals surface area contributed by atoms with Gasteiger partial charge in [-0.05, 0) is 30.7 Å². The molecule has 2 unspecified atom stereocenters. The Morgan fingerprint density at radius 1 is 1.42 bits per heavy atom. The van der Waals surface area contributed by atoms with Gasteiger partial charge >= 0.3 is 0 Å². The minimum absolute atomic E-state index is 0.0974. The Bertz CT molecular complexity index is 433. The largest absolute Gasteiger partial charge is 0.511 e. The van der Waals surface area contributed by atoms with Gasteiger partial charge in [0.05, 0.1) is 12.6 Å². The standard InChI is InChI=1S/C14H21N3O2/c1-10(19)14-8-12(16-6-7-18)9-17(14)13-4-2-11(15)3-5-13/h2-5,12,14,16,18-19H,1,6-9,15H2. The molecule has 0 radical (unpaired) electrons. The maximum absolute atomic E-state index is 9.74. The molecule has 0 amide bonds. The highest BCUT2D eigenvalue weighted by atomic mass is 16.3. The number of benzene rings is 1. The summed E-state index contributed by atoms with van der Waals surface area (Å²) < 4.78 is 0. The van der Waals surface area contributed by atoms with Crippen molar-refractivity contribution >= 4 is 11.4 Å². The van der Waals surface area contributed by atoms with Crippen LogP contribution >= 0.6 is 0 Å². The van der Waals surface area contributed by atoms with Crippen molar-refractivity contribution in [3.05, 3.63) is 36.6 Å². The van der Waals surface area contributed by atoms with Crippen LogP contribution in [0.1, 0.15) is 6.42 Å². The lowest BCUT2D eigenvalue weighted by Gasteiger charge is -2.25. The first-order chi connectivity index (χ1) is 9.11. The van der Waals surface area contributed by atoms with Crippen molar-refractivity contribution in [3.63, 3.8) is 0 Å². The molecule has 19 heavy (non-hydrogen) atoms. The summed E-state index contributed by atoms with van der Waals surface area (Å²) in [4.78, 5) is 2.11. The van der Waals surface area contributed by atoms with Crippen LogP contribution in [-0.2, 0) is 0 Å². The molecule has 5 N–H and O–H groups in total. The van der Waals surface area contributed by atoms with Gasteiger partial charge in [-0.1, -0.05) is 6.58 Å². The van der Waals surface area contributed by atoms with Crippen LogP contribution in [0.2, 0.25) is 0 Å². The minimum Gasteiger partial charge on any atom is -0.511 e. The summed E-state index contributed by atoms with van der Waals surface area (Å²) >= 11 is 0. The molecule has 0 bridgehead atoms. The van der Waals surface area contributed by atoms with E-state index in [0.29, 0.717) is 6.54 Å². The van der Waals surface area contributed by atoms with Gasteiger partial charge in [0.25, 0.3) is 0 Å². The Hall–Kier alpha value is -1.72. The van der Waals surface area contributed by atoms with Gasteiger partial charge < -0.3 is 26.2 Å². The van der Waals surface area contributed by atoms with E-state index >= 15 is 0 Å². The summed E-state index contributed by atoms with van der Waals surface area (Å²) in [6, 6.07) is 7.72. The fourth-order valence-corrected chi connectivity index (χ4v) is 2.52. The van der Waals surface area contributed by atoms with Crippen molar-refractivity contribution in [1.82, 2.24) is 5.32 Å². The third kappa shape index (κ3) is 3.19. The zero-order valence-corrected chi connectivity index (χ0v) is 10.9. The van der Waals surface area contributed by atoms with Gasteiger partial charge in [-0.2, -0.15) is 0 Å². The molecule has 2 atom stereocenters. The number of hydrogen-bond donors (Lipinski definition) is 4. The molecule has 1 aliphatic rings. The van der Waals surface area contributed by atoms with E-state index in [1.54, 1.807) is 0 Å². The van der Waals surface area contributed by atoms with Crippen LogP contribution < -0.4 is 16.0 Å². The minimum atomic E-state index is -0.0974. The third-order valence-corrected chi connectivity index (χ3v) is 3.46. The monoisotopic (exact) mass is 263 g/mol. The summed E-state index contributed by atoms with van der Waals surface area (Å²) in [5.41, 5.74) is 7.42. The van der Waals surface area contributed by atoms with Crippen molar-refractivity contribution in [2.45, 2.75) is 18.5 Å². The van der Waals surface area contributed by atoms with E-state index in [1.165, 1.54) is 0 Å². The number of nitrogen functional groups attached to an aromatic ring is 1. The molecule has 1 aromatic carbocycles. The Morgan fingerprint density at radius 3 is 2.68 bits per heavy atom. The molecular formula is C14H21N3O2. The molecule has 5 heteroatoms. The normalized spacial score (nSPS) is 22.7. The summed E-state index contributed by atoms with van der Waals surface area (Å²) in [7, 11) is 0. The second-order valence-corrected chi connectivity index (χ2v) is 4.86. The predicted molar refractivity (Wildman–Crippen MR) is 77.3 cm³/mol. The van der Waals surface area contributed by atoms with Gasteiger partial charge in [-0.15, -0.1) is 0 Å². The molecule has 0 saturated carbocycles. The van der Waals surface area contributed by atoms with Gasteiger partial charge in [-0.3, -0.25) is 0 Å². The highest BCUT2D eigenvalue weighted by molar-refractivity contribution is 5.55. The molecular weight excluding hydrogens is 242 g/mol. The molecule has 1 aromatic rings. The zero-order chi connectivity index (χ0) is 13.8. The van der Waals surface area contributed by atoms with Gasteiger partial charge in [0, 0.05) is 30.5 Å². The molecule has 1 fully saturated rings. The van der Waals surface area contributed by atoms with Crippen molar-refractivity contribution in [2.24, 2.45) is 0 Å². The second-order valence-electron chi connectivity index (χ2n) is 4.86. The fraction of sp³-hybridized carbons (Fsp3) is 0.429. The van der Waals surface area contributed by atoms with Gasteiger partial charge in [0.2, 0.25) is 0 Å². The fourth-order valence-electron chi connectivity index (χ4n) is 2.52. The first-order valence-corrected chi connectivity index (χ1v) is 6.46. The summed E-state index contributed by atoms with van der Waals surface area (Å²) in [5.74, 6) is 0.171. The SMILES string of the molecule is C=C(O)C1CC(NCCO)CN1c1ccc(N)cc1. The Balaban J connectivity index is 2.12. The molecule has 1 heterocycles. The number of hydrogen-bond acceptors (Lipinski definition) is 5. The quantitative estimate of drug-likeness (QED) is 0.468. The van der Waals surface area contributed by atoms with E-state index in [2.05, 4.69) is 16.8 Å². The van der Waals surface area contributed by atoms with Crippen LogP contribution in [-0.4, -0.2) is 42.0 Å². The number of anilines is 2. The molecule has 1 aliphatic heterocycles. The summed E-state index contributed by atoms with van der Waals surface area (Å²) in [6.45, 7) is 5.10. The van der Waals surface area contributed by atoms with Crippen LogP contribution in [0.3, 0.4) is 0 Å². The van der Waals surface area contributed by atoms with E-state index in [9.17, 15) is 5.11 Å². The molecule has 0 aliphatic carbocycles. The van der Waals surface area contributed by atoms with Crippen molar-refractivity contribution < 1.29 is 10.2 Å². The average Bonchev–Trinajstić information content (AvgIpc) is 2.81. The van der Waals surface area contributed by atoms with Crippen molar-refractivity contribution in [1.29, 1.82) is 0 Å². The Labute approximate surface area is 113 Å². The van der Waals surface area contributed by atoms with E-state index in [4.69, 9.17) is 10.8 Å². The number of aliphatic hydroxyl groups is 2. The average molecular weight is 263 g/mol. The van der Waals surface area contributed by atoms with Crippen molar-refractivity contribution in [3.8, 4) is 0 Å². The first kappa shape index (κ1) is 13.7. The number of nitrogens with two attached hydrogens (primary N) is 1. The highest BCUT2D eigenvalue weighted by Gasteiger charge is 2.33. The molecule has 0 aromatic heterocycles. The van der Waals surface area contributed by atoms with Crippen LogP contribution in [0.4, 0.5) is 11.4 Å². The Kier molecular flexibility index (Phi) is 4.29. The number of aliphatic hydroxyl groups excluding tert-OH is 2. The zero-order valence-electron chi connectivity index (χ0n) is 10.9. The van der Waals surface area contributed by atoms with Crippen LogP contribution in [0.15, 0.2) is 36.6 Å².